The lowest BCUT2D eigenvalue weighted by Crippen LogP contribution is -2.11. The first kappa shape index (κ1) is 7.58. The van der Waals surface area contributed by atoms with Crippen molar-refractivity contribution in [3.8, 4) is 5.75 Å². The first-order valence-corrected chi connectivity index (χ1v) is 4.03. The van der Waals surface area contributed by atoms with E-state index in [1.165, 1.54) is 0 Å². The van der Waals surface area contributed by atoms with E-state index in [0.29, 0.717) is 12.4 Å². The van der Waals surface area contributed by atoms with Gasteiger partial charge in [-0.25, -0.2) is 0 Å². The fourth-order valence-corrected chi connectivity index (χ4v) is 1.40. The maximum absolute atomic E-state index is 9.48. The van der Waals surface area contributed by atoms with Crippen molar-refractivity contribution in [3.63, 3.8) is 0 Å². The molecule has 3 nitrogen and oxygen atoms in total. The zero-order valence-corrected chi connectivity index (χ0v) is 6.66. The van der Waals surface area contributed by atoms with Crippen LogP contribution in [0.3, 0.4) is 0 Å². The van der Waals surface area contributed by atoms with Crippen molar-refractivity contribution in [1.82, 2.24) is 5.48 Å². The van der Waals surface area contributed by atoms with E-state index >= 15 is 0 Å². The van der Waals surface area contributed by atoms with Gasteiger partial charge in [-0.05, 0) is 12.5 Å². The Morgan fingerprint density at radius 3 is 2.92 bits per heavy atom. The highest BCUT2D eigenvalue weighted by atomic mass is 16.7. The van der Waals surface area contributed by atoms with Crippen molar-refractivity contribution in [2.45, 2.75) is 12.5 Å². The Labute approximate surface area is 70.9 Å². The summed E-state index contributed by atoms with van der Waals surface area (Å²) in [5.41, 5.74) is 3.77. The first-order chi connectivity index (χ1) is 5.88. The molecule has 2 N–H and O–H groups in total. The van der Waals surface area contributed by atoms with E-state index < -0.39 is 0 Å². The normalized spacial score (nSPS) is 22.8. The van der Waals surface area contributed by atoms with Crippen LogP contribution in [0.2, 0.25) is 0 Å². The molecule has 12 heavy (non-hydrogen) atoms. The van der Waals surface area contributed by atoms with E-state index in [1.54, 1.807) is 6.07 Å². The lowest BCUT2D eigenvalue weighted by Gasteiger charge is -2.09. The van der Waals surface area contributed by atoms with Gasteiger partial charge in [-0.3, -0.25) is 0 Å². The van der Waals surface area contributed by atoms with Crippen molar-refractivity contribution in [1.29, 1.82) is 0 Å². The zero-order chi connectivity index (χ0) is 8.39. The van der Waals surface area contributed by atoms with Crippen molar-refractivity contribution in [2.75, 3.05) is 6.61 Å². The molecule has 1 heterocycles. The smallest absolute Gasteiger partial charge is 0.120 e. The van der Waals surface area contributed by atoms with E-state index in [-0.39, 0.29) is 6.04 Å². The second-order valence-corrected chi connectivity index (χ2v) is 2.87. The minimum atomic E-state index is 0.145. The van der Waals surface area contributed by atoms with Crippen molar-refractivity contribution in [3.05, 3.63) is 29.8 Å². The van der Waals surface area contributed by atoms with E-state index in [1.807, 2.05) is 18.2 Å². The Balaban J connectivity index is 2.26. The highest BCUT2D eigenvalue weighted by Crippen LogP contribution is 2.27. The Bertz CT molecular complexity index is 269. The van der Waals surface area contributed by atoms with Gasteiger partial charge in [0.2, 0.25) is 0 Å². The fraction of sp³-hybridized carbons (Fsp3) is 0.333. The molecular weight excluding hydrogens is 154 g/mol. The first-order valence-electron chi connectivity index (χ1n) is 4.03. The number of nitrogens with one attached hydrogen (secondary N) is 1. The minimum absolute atomic E-state index is 0.145. The molecule has 0 spiro atoms. The molecule has 1 aliphatic rings. The Morgan fingerprint density at radius 1 is 1.42 bits per heavy atom. The standard InChI is InChI=1S/C9H11NO2/c11-9-4-2-1-3-7(9)8-5-6-12-10-8/h1-4,8,10-11H,5-6H2. The van der Waals surface area contributed by atoms with Gasteiger partial charge in [-0.2, -0.15) is 5.48 Å². The summed E-state index contributed by atoms with van der Waals surface area (Å²) in [7, 11) is 0. The largest absolute Gasteiger partial charge is 0.508 e. The molecule has 64 valence electrons. The number of hydrogen-bond acceptors (Lipinski definition) is 3. The molecule has 1 saturated heterocycles. The molecule has 1 fully saturated rings. The minimum Gasteiger partial charge on any atom is -0.508 e. The average Bonchev–Trinajstić information content (AvgIpc) is 2.57. The molecule has 1 aromatic carbocycles. The molecule has 1 aromatic rings. The van der Waals surface area contributed by atoms with Crippen LogP contribution in [-0.4, -0.2) is 11.7 Å². The Morgan fingerprint density at radius 2 is 2.25 bits per heavy atom. The molecule has 2 rings (SSSR count). The predicted molar refractivity (Wildman–Crippen MR) is 44.6 cm³/mol. The molecule has 1 unspecified atom stereocenters. The molecule has 1 aliphatic heterocycles. The molecule has 1 atom stereocenters. The van der Waals surface area contributed by atoms with Crippen LogP contribution in [-0.2, 0) is 4.84 Å². The van der Waals surface area contributed by atoms with Crippen LogP contribution in [0.5, 0.6) is 5.75 Å². The van der Waals surface area contributed by atoms with Gasteiger partial charge < -0.3 is 9.94 Å². The summed E-state index contributed by atoms with van der Waals surface area (Å²) < 4.78 is 0. The lowest BCUT2D eigenvalue weighted by atomic mass is 10.0. The van der Waals surface area contributed by atoms with Crippen molar-refractivity contribution >= 4 is 0 Å². The van der Waals surface area contributed by atoms with Crippen LogP contribution in [0.15, 0.2) is 24.3 Å². The number of para-hydroxylation sites is 1. The Kier molecular flexibility index (Phi) is 1.98. The number of rotatable bonds is 1. The zero-order valence-electron chi connectivity index (χ0n) is 6.66. The molecular formula is C9H11NO2. The summed E-state index contributed by atoms with van der Waals surface area (Å²) in [5.74, 6) is 0.334. The van der Waals surface area contributed by atoms with Crippen LogP contribution in [0.4, 0.5) is 0 Å². The van der Waals surface area contributed by atoms with Crippen LogP contribution in [0.1, 0.15) is 18.0 Å². The highest BCUT2D eigenvalue weighted by molar-refractivity contribution is 5.34. The third-order valence-electron chi connectivity index (χ3n) is 2.05. The van der Waals surface area contributed by atoms with Crippen molar-refractivity contribution in [2.24, 2.45) is 0 Å². The van der Waals surface area contributed by atoms with Gasteiger partial charge >= 0.3 is 0 Å². The highest BCUT2D eigenvalue weighted by Gasteiger charge is 2.19. The van der Waals surface area contributed by atoms with Crippen LogP contribution in [0, 0.1) is 0 Å². The molecule has 0 aliphatic carbocycles. The average molecular weight is 165 g/mol. The van der Waals surface area contributed by atoms with Gasteiger partial charge in [0.25, 0.3) is 0 Å². The molecule has 0 amide bonds. The van der Waals surface area contributed by atoms with Crippen molar-refractivity contribution < 1.29 is 9.94 Å². The molecule has 0 radical (unpaired) electrons. The van der Waals surface area contributed by atoms with Gasteiger partial charge in [0.15, 0.2) is 0 Å². The number of phenols is 1. The number of aromatic hydroxyl groups is 1. The van der Waals surface area contributed by atoms with Crippen LogP contribution < -0.4 is 5.48 Å². The van der Waals surface area contributed by atoms with Crippen LogP contribution in [0.25, 0.3) is 0 Å². The summed E-state index contributed by atoms with van der Waals surface area (Å²) >= 11 is 0. The number of hydroxylamine groups is 1. The fourth-order valence-electron chi connectivity index (χ4n) is 1.40. The second kappa shape index (κ2) is 3.13. The SMILES string of the molecule is Oc1ccccc1C1CCON1. The van der Waals surface area contributed by atoms with Gasteiger partial charge in [-0.15, -0.1) is 0 Å². The quantitative estimate of drug-likeness (QED) is 0.660. The van der Waals surface area contributed by atoms with Gasteiger partial charge in [0, 0.05) is 5.56 Å². The maximum atomic E-state index is 9.48. The van der Waals surface area contributed by atoms with E-state index in [2.05, 4.69) is 5.48 Å². The maximum Gasteiger partial charge on any atom is 0.120 e. The van der Waals surface area contributed by atoms with Crippen LogP contribution >= 0.6 is 0 Å². The van der Waals surface area contributed by atoms with E-state index in [4.69, 9.17) is 4.84 Å². The van der Waals surface area contributed by atoms with E-state index in [0.717, 1.165) is 12.0 Å². The summed E-state index contributed by atoms with van der Waals surface area (Å²) in [6.07, 6.45) is 0.914. The third-order valence-corrected chi connectivity index (χ3v) is 2.05. The molecule has 3 heteroatoms. The van der Waals surface area contributed by atoms with E-state index in [9.17, 15) is 5.11 Å². The summed E-state index contributed by atoms with van der Waals surface area (Å²) in [6, 6.07) is 7.46. The summed E-state index contributed by atoms with van der Waals surface area (Å²) in [6.45, 7) is 0.707. The number of phenolic OH excluding ortho intramolecular Hbond substituents is 1. The van der Waals surface area contributed by atoms with Gasteiger partial charge in [-0.1, -0.05) is 18.2 Å². The van der Waals surface area contributed by atoms with Gasteiger partial charge in [0.05, 0.1) is 12.6 Å². The molecule has 0 saturated carbocycles. The topological polar surface area (TPSA) is 41.5 Å². The summed E-state index contributed by atoms with van der Waals surface area (Å²) in [5, 5.41) is 9.48. The molecule has 0 bridgehead atoms. The third kappa shape index (κ3) is 1.29. The van der Waals surface area contributed by atoms with Gasteiger partial charge in [0.1, 0.15) is 5.75 Å². The lowest BCUT2D eigenvalue weighted by molar-refractivity contribution is 0.0879. The number of hydrogen-bond donors (Lipinski definition) is 2. The summed E-state index contributed by atoms with van der Waals surface area (Å²) in [4.78, 5) is 5.01. The monoisotopic (exact) mass is 165 g/mol. The second-order valence-electron chi connectivity index (χ2n) is 2.87. The Hall–Kier alpha value is -1.06. The number of benzene rings is 1. The molecule has 0 aromatic heterocycles. The predicted octanol–water partition coefficient (Wildman–Crippen LogP) is 1.36.